The van der Waals surface area contributed by atoms with Crippen molar-refractivity contribution in [2.75, 3.05) is 0 Å². The Balaban J connectivity index is 2.21. The molecule has 2 aliphatic carbocycles. The minimum Gasteiger partial charge on any atom is -0.478 e. The number of aliphatic carboxylic acids is 1. The molecule has 2 aliphatic rings. The molecule has 0 amide bonds. The van der Waals surface area contributed by atoms with Gasteiger partial charge in [-0.2, -0.15) is 0 Å². The summed E-state index contributed by atoms with van der Waals surface area (Å²) in [7, 11) is -1.17. The standard InChI is InChI=1S/C26H43O4P/c1-18(2)22-13-11-20(5)16-24(22)29-31(15-9-7-8-10-26(27)28)30-25-17-21(6)12-14-23(25)19(3)4/h7-10,15,18-25H,11-14,16-17H2,1-6H3/p+1/b9-7+,10-8+. The summed E-state index contributed by atoms with van der Waals surface area (Å²) in [6, 6.07) is 0. The lowest BCUT2D eigenvalue weighted by molar-refractivity contribution is -0.131. The van der Waals surface area contributed by atoms with Crippen LogP contribution in [-0.2, 0) is 13.8 Å². The Bertz CT molecular complexity index is 616. The van der Waals surface area contributed by atoms with Crippen LogP contribution in [0.15, 0.2) is 24.3 Å². The number of carboxylic acids is 1. The maximum absolute atomic E-state index is 10.7. The molecule has 1 N–H and O–H groups in total. The SMILES string of the molecule is CC1CCC(C(C)C)C(O[P+](=C/C=C/C=C/C(=O)O)OC2CC(C)CCC2C(C)C)C1. The molecule has 5 heteroatoms. The highest BCUT2D eigenvalue weighted by atomic mass is 31.1. The van der Waals surface area contributed by atoms with E-state index in [4.69, 9.17) is 14.2 Å². The van der Waals surface area contributed by atoms with Gasteiger partial charge >= 0.3 is 14.0 Å². The van der Waals surface area contributed by atoms with Crippen molar-refractivity contribution in [3.8, 4) is 0 Å². The smallest absolute Gasteiger partial charge is 0.431 e. The molecule has 0 aromatic heterocycles. The molecule has 2 saturated carbocycles. The molecule has 0 saturated heterocycles. The van der Waals surface area contributed by atoms with Gasteiger partial charge in [0.05, 0.1) is 0 Å². The van der Waals surface area contributed by atoms with Gasteiger partial charge in [-0.05, 0) is 67.3 Å². The summed E-state index contributed by atoms with van der Waals surface area (Å²) >= 11 is 0. The fourth-order valence-electron chi connectivity index (χ4n) is 5.16. The zero-order valence-corrected chi connectivity index (χ0v) is 21.3. The van der Waals surface area contributed by atoms with Gasteiger partial charge in [0.2, 0.25) is 0 Å². The summed E-state index contributed by atoms with van der Waals surface area (Å²) in [5.74, 6) is 4.79. The van der Waals surface area contributed by atoms with E-state index in [2.05, 4.69) is 41.5 Å². The van der Waals surface area contributed by atoms with Crippen molar-refractivity contribution in [3.05, 3.63) is 24.3 Å². The molecule has 0 aromatic carbocycles. The minimum absolute atomic E-state index is 0.229. The van der Waals surface area contributed by atoms with Crippen LogP contribution >= 0.6 is 8.00 Å². The summed E-state index contributed by atoms with van der Waals surface area (Å²) in [5, 5.41) is 8.79. The van der Waals surface area contributed by atoms with Gasteiger partial charge in [-0.3, -0.25) is 0 Å². The molecular formula is C26H44O4P+. The number of carbonyl (C=O) groups is 1. The topological polar surface area (TPSA) is 55.8 Å². The maximum atomic E-state index is 10.7. The predicted octanol–water partition coefficient (Wildman–Crippen LogP) is 7.25. The van der Waals surface area contributed by atoms with Crippen LogP contribution in [-0.4, -0.2) is 29.1 Å². The normalized spacial score (nSPS) is 32.8. The van der Waals surface area contributed by atoms with Gasteiger partial charge in [-0.15, -0.1) is 9.05 Å². The summed E-state index contributed by atoms with van der Waals surface area (Å²) in [6.07, 6.45) is 14.0. The number of carboxylic acid groups (broad SMARTS) is 1. The largest absolute Gasteiger partial charge is 0.478 e. The van der Waals surface area contributed by atoms with Gasteiger partial charge in [0, 0.05) is 6.08 Å². The fraction of sp³-hybridized carbons (Fsp3) is 0.769. The fourth-order valence-corrected chi connectivity index (χ4v) is 6.60. The zero-order chi connectivity index (χ0) is 23.0. The second kappa shape index (κ2) is 12.9. The van der Waals surface area contributed by atoms with Gasteiger partial charge in [0.25, 0.3) is 0 Å². The highest BCUT2D eigenvalue weighted by molar-refractivity contribution is 7.47. The van der Waals surface area contributed by atoms with E-state index in [1.54, 1.807) is 12.2 Å². The van der Waals surface area contributed by atoms with E-state index < -0.39 is 14.0 Å². The predicted molar refractivity (Wildman–Crippen MR) is 131 cm³/mol. The lowest BCUT2D eigenvalue weighted by atomic mass is 9.75. The average Bonchev–Trinajstić information content (AvgIpc) is 2.67. The highest BCUT2D eigenvalue weighted by Crippen LogP contribution is 2.45. The van der Waals surface area contributed by atoms with Crippen molar-refractivity contribution < 1.29 is 18.9 Å². The van der Waals surface area contributed by atoms with Crippen molar-refractivity contribution in [2.45, 2.75) is 92.3 Å². The Hall–Kier alpha value is -0.960. The number of allylic oxidation sites excluding steroid dienone is 3. The Kier molecular flexibility index (Phi) is 11.0. The summed E-state index contributed by atoms with van der Waals surface area (Å²) < 4.78 is 13.4. The van der Waals surface area contributed by atoms with E-state index >= 15 is 0 Å². The molecule has 0 radical (unpaired) electrons. The van der Waals surface area contributed by atoms with Gasteiger partial charge < -0.3 is 5.11 Å². The number of hydrogen-bond acceptors (Lipinski definition) is 3. The molecule has 0 bridgehead atoms. The second-order valence-corrected chi connectivity index (χ2v) is 11.7. The Labute approximate surface area is 191 Å². The third-order valence-corrected chi connectivity index (χ3v) is 8.44. The van der Waals surface area contributed by atoms with Crippen molar-refractivity contribution in [1.82, 2.24) is 0 Å². The van der Waals surface area contributed by atoms with Crippen LogP contribution in [0.25, 0.3) is 0 Å². The van der Waals surface area contributed by atoms with Crippen LogP contribution in [0.1, 0.15) is 80.1 Å². The van der Waals surface area contributed by atoms with E-state index in [0.29, 0.717) is 35.5 Å². The van der Waals surface area contributed by atoms with Crippen molar-refractivity contribution in [1.29, 1.82) is 0 Å². The average molecular weight is 452 g/mol. The lowest BCUT2D eigenvalue weighted by Gasteiger charge is -2.36. The van der Waals surface area contributed by atoms with Gasteiger partial charge in [-0.25, -0.2) is 4.79 Å². The number of rotatable bonds is 9. The van der Waals surface area contributed by atoms with E-state index in [9.17, 15) is 4.79 Å². The number of hydrogen-bond donors (Lipinski definition) is 1. The molecule has 2 rings (SSSR count). The molecule has 0 aromatic rings. The Morgan fingerprint density at radius 3 is 1.74 bits per heavy atom. The molecule has 4 nitrogen and oxygen atoms in total. The van der Waals surface area contributed by atoms with Crippen LogP contribution in [0.5, 0.6) is 0 Å². The van der Waals surface area contributed by atoms with Gasteiger partial charge in [0.1, 0.15) is 12.2 Å². The molecule has 6 unspecified atom stereocenters. The second-order valence-electron chi connectivity index (χ2n) is 10.5. The van der Waals surface area contributed by atoms with E-state index in [1.807, 2.05) is 11.9 Å². The minimum atomic E-state index is -1.17. The highest BCUT2D eigenvalue weighted by Gasteiger charge is 2.40. The van der Waals surface area contributed by atoms with E-state index in [1.165, 1.54) is 25.7 Å². The third-order valence-electron chi connectivity index (χ3n) is 7.07. The summed E-state index contributed by atoms with van der Waals surface area (Å²) in [6.45, 7) is 13.9. The zero-order valence-electron chi connectivity index (χ0n) is 20.4. The molecular weight excluding hydrogens is 407 g/mol. The van der Waals surface area contributed by atoms with Crippen molar-refractivity contribution in [3.63, 3.8) is 0 Å². The van der Waals surface area contributed by atoms with Gasteiger partial charge in [-0.1, -0.05) is 66.5 Å². The first kappa shape index (κ1) is 26.3. The third kappa shape index (κ3) is 8.83. The van der Waals surface area contributed by atoms with Crippen molar-refractivity contribution in [2.24, 2.45) is 35.5 Å². The summed E-state index contributed by atoms with van der Waals surface area (Å²) in [4.78, 5) is 10.7. The molecule has 31 heavy (non-hydrogen) atoms. The van der Waals surface area contributed by atoms with Crippen LogP contribution in [0.3, 0.4) is 0 Å². The first-order chi connectivity index (χ1) is 14.7. The van der Waals surface area contributed by atoms with E-state index in [0.717, 1.165) is 18.9 Å². The molecule has 176 valence electrons. The maximum Gasteiger partial charge on any atom is 0.431 e. The van der Waals surface area contributed by atoms with Crippen molar-refractivity contribution >= 4 is 19.8 Å². The molecule has 2 fully saturated rings. The van der Waals surface area contributed by atoms with Crippen LogP contribution in [0, 0.1) is 35.5 Å². The first-order valence-electron chi connectivity index (χ1n) is 12.2. The monoisotopic (exact) mass is 451 g/mol. The van der Waals surface area contributed by atoms with E-state index in [-0.39, 0.29) is 12.2 Å². The Morgan fingerprint density at radius 1 is 0.839 bits per heavy atom. The molecule has 0 aliphatic heterocycles. The van der Waals surface area contributed by atoms with Crippen LogP contribution < -0.4 is 0 Å². The quantitative estimate of drug-likeness (QED) is 0.228. The molecule has 6 atom stereocenters. The Morgan fingerprint density at radius 2 is 1.32 bits per heavy atom. The van der Waals surface area contributed by atoms with Gasteiger partial charge in [0.15, 0.2) is 5.80 Å². The van der Waals surface area contributed by atoms with Crippen LogP contribution in [0.4, 0.5) is 0 Å². The first-order valence-corrected chi connectivity index (χ1v) is 13.5. The summed E-state index contributed by atoms with van der Waals surface area (Å²) in [5.41, 5.74) is 0. The molecule has 0 spiro atoms. The lowest BCUT2D eigenvalue weighted by Crippen LogP contribution is -2.35. The van der Waals surface area contributed by atoms with Crippen LogP contribution in [0.2, 0.25) is 0 Å². The molecule has 0 heterocycles.